The number of hydrogen-bond donors (Lipinski definition) is 1. The van der Waals surface area contributed by atoms with E-state index in [-0.39, 0.29) is 11.8 Å². The van der Waals surface area contributed by atoms with Gasteiger partial charge in [-0.2, -0.15) is 4.31 Å². The molecule has 2 rings (SSSR count). The molecule has 104 valence electrons. The molecule has 0 aromatic carbocycles. The van der Waals surface area contributed by atoms with Gasteiger partial charge in [0.25, 0.3) is 0 Å². The maximum Gasteiger partial charge on any atom is 0.214 e. The lowest BCUT2D eigenvalue weighted by atomic mass is 10.0. The van der Waals surface area contributed by atoms with Crippen molar-refractivity contribution < 1.29 is 8.42 Å². The van der Waals surface area contributed by atoms with Gasteiger partial charge in [-0.15, -0.1) is 6.58 Å². The Labute approximate surface area is 110 Å². The van der Waals surface area contributed by atoms with Gasteiger partial charge in [0.1, 0.15) is 0 Å². The highest BCUT2D eigenvalue weighted by Gasteiger charge is 2.36. The summed E-state index contributed by atoms with van der Waals surface area (Å²) in [5, 5.41) is 3.40. The number of hydrogen-bond acceptors (Lipinski definition) is 3. The summed E-state index contributed by atoms with van der Waals surface area (Å²) >= 11 is 0. The van der Waals surface area contributed by atoms with Crippen molar-refractivity contribution in [3.8, 4) is 0 Å². The number of sulfonamides is 1. The first-order valence-electron chi connectivity index (χ1n) is 6.97. The molecule has 0 bridgehead atoms. The minimum Gasteiger partial charge on any atom is -0.314 e. The van der Waals surface area contributed by atoms with Crippen LogP contribution < -0.4 is 5.32 Å². The molecule has 1 aliphatic carbocycles. The van der Waals surface area contributed by atoms with Gasteiger partial charge >= 0.3 is 0 Å². The Balaban J connectivity index is 1.86. The lowest BCUT2D eigenvalue weighted by Gasteiger charge is -2.25. The highest BCUT2D eigenvalue weighted by molar-refractivity contribution is 7.89. The predicted molar refractivity (Wildman–Crippen MR) is 74.0 cm³/mol. The molecule has 1 atom stereocenters. The van der Waals surface area contributed by atoms with Crippen molar-refractivity contribution in [1.29, 1.82) is 0 Å². The van der Waals surface area contributed by atoms with Gasteiger partial charge in [0, 0.05) is 18.6 Å². The second kappa shape index (κ2) is 6.17. The lowest BCUT2D eigenvalue weighted by molar-refractivity contribution is 0.385. The molecule has 5 heteroatoms. The van der Waals surface area contributed by atoms with Crippen molar-refractivity contribution in [3.63, 3.8) is 0 Å². The number of rotatable bonds is 7. The fraction of sp³-hybridized carbons (Fsp3) is 0.846. The van der Waals surface area contributed by atoms with Crippen molar-refractivity contribution in [2.45, 2.75) is 50.6 Å². The molecule has 0 aromatic rings. The molecule has 1 N–H and O–H groups in total. The van der Waals surface area contributed by atoms with Crippen LogP contribution in [-0.2, 0) is 10.0 Å². The monoisotopic (exact) mass is 272 g/mol. The molecule has 2 aliphatic rings. The molecule has 18 heavy (non-hydrogen) atoms. The molecule has 0 spiro atoms. The van der Waals surface area contributed by atoms with Crippen LogP contribution in [0.1, 0.15) is 38.5 Å². The topological polar surface area (TPSA) is 49.4 Å². The Hall–Kier alpha value is -0.390. The van der Waals surface area contributed by atoms with E-state index in [0.29, 0.717) is 12.6 Å². The summed E-state index contributed by atoms with van der Waals surface area (Å²) in [5.74, 6) is 0.273. The van der Waals surface area contributed by atoms with Gasteiger partial charge in [-0.05, 0) is 38.6 Å². The first-order valence-corrected chi connectivity index (χ1v) is 8.58. The fourth-order valence-corrected chi connectivity index (χ4v) is 4.37. The average Bonchev–Trinajstić information content (AvgIpc) is 3.19. The van der Waals surface area contributed by atoms with Crippen LogP contribution >= 0.6 is 0 Å². The molecule has 1 saturated carbocycles. The molecular weight excluding hydrogens is 248 g/mol. The summed E-state index contributed by atoms with van der Waals surface area (Å²) in [6, 6.07) is 0.630. The van der Waals surface area contributed by atoms with Crippen LogP contribution in [0.5, 0.6) is 0 Å². The summed E-state index contributed by atoms with van der Waals surface area (Å²) in [7, 11) is -3.10. The largest absolute Gasteiger partial charge is 0.314 e. The predicted octanol–water partition coefficient (Wildman–Crippen LogP) is 1.50. The zero-order chi connectivity index (χ0) is 13.0. The average molecular weight is 272 g/mol. The summed E-state index contributed by atoms with van der Waals surface area (Å²) in [6.07, 6.45) is 7.99. The fourth-order valence-electron chi connectivity index (χ4n) is 2.56. The van der Waals surface area contributed by atoms with Gasteiger partial charge in [0.05, 0.1) is 5.75 Å². The maximum absolute atomic E-state index is 12.3. The molecular formula is C13H24N2O2S. The van der Waals surface area contributed by atoms with Crippen LogP contribution in [0.3, 0.4) is 0 Å². The summed E-state index contributed by atoms with van der Waals surface area (Å²) in [6.45, 7) is 5.15. The molecule has 1 unspecified atom stereocenters. The maximum atomic E-state index is 12.3. The summed E-state index contributed by atoms with van der Waals surface area (Å²) < 4.78 is 26.2. The number of nitrogens with zero attached hydrogens (tertiary/aromatic N) is 1. The van der Waals surface area contributed by atoms with Gasteiger partial charge in [0.15, 0.2) is 0 Å². The Morgan fingerprint density at radius 1 is 1.28 bits per heavy atom. The second-order valence-electron chi connectivity index (χ2n) is 5.34. The Morgan fingerprint density at radius 2 is 2.06 bits per heavy atom. The van der Waals surface area contributed by atoms with Crippen molar-refractivity contribution in [3.05, 3.63) is 12.7 Å². The Kier molecular flexibility index (Phi) is 4.81. The smallest absolute Gasteiger partial charge is 0.214 e. The molecule has 1 aliphatic heterocycles. The standard InChI is InChI=1S/C13H24N2O2S/c1-2-10-15(13-6-7-13)18(16,17)11-8-12-5-3-4-9-14-12/h2,12-14H,1,3-11H2. The molecule has 1 heterocycles. The zero-order valence-electron chi connectivity index (χ0n) is 11.0. The molecule has 0 amide bonds. The van der Waals surface area contributed by atoms with E-state index in [9.17, 15) is 8.42 Å². The van der Waals surface area contributed by atoms with Crippen LogP contribution in [0.4, 0.5) is 0 Å². The van der Waals surface area contributed by atoms with Crippen molar-refractivity contribution in [2.24, 2.45) is 0 Å². The number of piperidine rings is 1. The van der Waals surface area contributed by atoms with Gasteiger partial charge in [-0.3, -0.25) is 0 Å². The zero-order valence-corrected chi connectivity index (χ0v) is 11.8. The molecule has 0 radical (unpaired) electrons. The Morgan fingerprint density at radius 3 is 2.61 bits per heavy atom. The molecule has 0 aromatic heterocycles. The Bertz CT molecular complexity index is 370. The first kappa shape index (κ1) is 14.0. The molecule has 2 fully saturated rings. The first-order chi connectivity index (χ1) is 8.63. The number of nitrogens with one attached hydrogen (secondary N) is 1. The third-order valence-electron chi connectivity index (χ3n) is 3.76. The van der Waals surface area contributed by atoms with E-state index in [1.54, 1.807) is 10.4 Å². The van der Waals surface area contributed by atoms with E-state index < -0.39 is 10.0 Å². The van der Waals surface area contributed by atoms with Crippen LogP contribution in [0.15, 0.2) is 12.7 Å². The van der Waals surface area contributed by atoms with Crippen LogP contribution in [-0.4, -0.2) is 43.6 Å². The summed E-state index contributed by atoms with van der Waals surface area (Å²) in [5.41, 5.74) is 0. The van der Waals surface area contributed by atoms with Gasteiger partial charge in [-0.25, -0.2) is 8.42 Å². The molecule has 4 nitrogen and oxygen atoms in total. The summed E-state index contributed by atoms with van der Waals surface area (Å²) in [4.78, 5) is 0. The van der Waals surface area contributed by atoms with Crippen molar-refractivity contribution in [1.82, 2.24) is 9.62 Å². The van der Waals surface area contributed by atoms with Crippen LogP contribution in [0, 0.1) is 0 Å². The van der Waals surface area contributed by atoms with E-state index in [2.05, 4.69) is 11.9 Å². The van der Waals surface area contributed by atoms with Gasteiger partial charge in [0.2, 0.25) is 10.0 Å². The molecule has 1 saturated heterocycles. The third-order valence-corrected chi connectivity index (χ3v) is 5.67. The van der Waals surface area contributed by atoms with Crippen LogP contribution in [0.25, 0.3) is 0 Å². The van der Waals surface area contributed by atoms with Gasteiger partial charge < -0.3 is 5.32 Å². The normalized spacial score (nSPS) is 25.3. The highest BCUT2D eigenvalue weighted by Crippen LogP contribution is 2.29. The van der Waals surface area contributed by atoms with E-state index in [1.807, 2.05) is 0 Å². The van der Waals surface area contributed by atoms with Crippen molar-refractivity contribution in [2.75, 3.05) is 18.8 Å². The lowest BCUT2D eigenvalue weighted by Crippen LogP contribution is -2.39. The highest BCUT2D eigenvalue weighted by atomic mass is 32.2. The quantitative estimate of drug-likeness (QED) is 0.715. The van der Waals surface area contributed by atoms with Gasteiger partial charge in [-0.1, -0.05) is 12.5 Å². The minimum absolute atomic E-state index is 0.243. The van der Waals surface area contributed by atoms with E-state index in [0.717, 1.165) is 32.2 Å². The van der Waals surface area contributed by atoms with Crippen LogP contribution in [0.2, 0.25) is 0 Å². The van der Waals surface area contributed by atoms with E-state index in [4.69, 9.17) is 0 Å². The second-order valence-corrected chi connectivity index (χ2v) is 7.38. The SMILES string of the molecule is C=CCN(C1CC1)S(=O)(=O)CCC1CCCCN1. The third kappa shape index (κ3) is 3.80. The van der Waals surface area contributed by atoms with Crippen molar-refractivity contribution >= 4 is 10.0 Å². The minimum atomic E-state index is -3.10. The van der Waals surface area contributed by atoms with E-state index >= 15 is 0 Å². The van der Waals surface area contributed by atoms with E-state index in [1.165, 1.54) is 12.8 Å².